The Morgan fingerprint density at radius 3 is 2.44 bits per heavy atom. The van der Waals surface area contributed by atoms with E-state index in [1.807, 2.05) is 0 Å². The Hall–Kier alpha value is -2.24. The summed E-state index contributed by atoms with van der Waals surface area (Å²) < 4.78 is 10.4. The van der Waals surface area contributed by atoms with Gasteiger partial charge >= 0.3 is 5.97 Å². The number of carboxylic acid groups (broad SMARTS) is 1. The highest BCUT2D eigenvalue weighted by Gasteiger charge is 2.12. The van der Waals surface area contributed by atoms with Gasteiger partial charge < -0.3 is 20.3 Å². The summed E-state index contributed by atoms with van der Waals surface area (Å²) in [5, 5.41) is 8.63. The van der Waals surface area contributed by atoms with Gasteiger partial charge in [0.25, 0.3) is 0 Å². The number of benzene rings is 1. The Bertz CT molecular complexity index is 458. The zero-order chi connectivity index (χ0) is 13.7. The topological polar surface area (TPSA) is 98.8 Å². The van der Waals surface area contributed by atoms with Gasteiger partial charge in [-0.15, -0.1) is 0 Å². The molecule has 1 aromatic rings. The third-order valence-electron chi connectivity index (χ3n) is 2.20. The number of methoxy groups -OCH3 is 1. The first-order valence-corrected chi connectivity index (χ1v) is 5.29. The van der Waals surface area contributed by atoms with Crippen LogP contribution in [0.3, 0.4) is 0 Å². The van der Waals surface area contributed by atoms with Crippen LogP contribution in [0.5, 0.6) is 11.5 Å². The quantitative estimate of drug-likeness (QED) is 0.789. The molecule has 0 radical (unpaired) electrons. The van der Waals surface area contributed by atoms with E-state index in [0.29, 0.717) is 11.5 Å². The minimum Gasteiger partial charge on any atom is -0.497 e. The molecular formula is C12H15NO5. The van der Waals surface area contributed by atoms with Gasteiger partial charge in [0.05, 0.1) is 13.5 Å². The summed E-state index contributed by atoms with van der Waals surface area (Å²) in [5.74, 6) is -0.800. The number of hydrogen-bond acceptors (Lipinski definition) is 4. The first kappa shape index (κ1) is 13.8. The fourth-order valence-corrected chi connectivity index (χ4v) is 1.42. The highest BCUT2D eigenvalue weighted by Crippen LogP contribution is 2.23. The number of nitrogens with two attached hydrogens (primary N) is 1. The first-order chi connectivity index (χ1) is 8.42. The van der Waals surface area contributed by atoms with Gasteiger partial charge in [-0.25, -0.2) is 0 Å². The molecule has 1 amide bonds. The smallest absolute Gasteiger partial charge is 0.307 e. The van der Waals surface area contributed by atoms with Crippen molar-refractivity contribution in [3.05, 3.63) is 23.8 Å². The maximum absolute atomic E-state index is 11.1. The predicted molar refractivity (Wildman–Crippen MR) is 63.9 cm³/mol. The molecule has 0 aromatic heterocycles. The molecule has 18 heavy (non-hydrogen) atoms. The number of amides is 1. The molecule has 3 N–H and O–H groups in total. The zero-order valence-corrected chi connectivity index (χ0v) is 10.2. The second-order valence-corrected chi connectivity index (χ2v) is 3.79. The Balaban J connectivity index is 2.90. The van der Waals surface area contributed by atoms with Crippen molar-refractivity contribution in [2.45, 2.75) is 19.4 Å². The monoisotopic (exact) mass is 253 g/mol. The molecule has 1 atom stereocenters. The van der Waals surface area contributed by atoms with E-state index >= 15 is 0 Å². The van der Waals surface area contributed by atoms with Gasteiger partial charge in [-0.3, -0.25) is 9.59 Å². The van der Waals surface area contributed by atoms with E-state index in [0.717, 1.165) is 0 Å². The van der Waals surface area contributed by atoms with Gasteiger partial charge in [0.2, 0.25) is 5.91 Å². The van der Waals surface area contributed by atoms with Crippen LogP contribution in [0.4, 0.5) is 0 Å². The van der Waals surface area contributed by atoms with E-state index in [1.54, 1.807) is 13.0 Å². The Morgan fingerprint density at radius 2 is 1.94 bits per heavy atom. The van der Waals surface area contributed by atoms with E-state index in [4.69, 9.17) is 20.3 Å². The summed E-state index contributed by atoms with van der Waals surface area (Å²) >= 11 is 0. The molecule has 0 aliphatic rings. The number of rotatable bonds is 6. The van der Waals surface area contributed by atoms with Crippen molar-refractivity contribution in [3.8, 4) is 11.5 Å². The summed E-state index contributed by atoms with van der Waals surface area (Å²) in [6, 6.07) is 4.49. The molecule has 0 fully saturated rings. The molecule has 1 aromatic carbocycles. The molecule has 0 unspecified atom stereocenters. The average Bonchev–Trinajstić information content (AvgIpc) is 2.27. The van der Waals surface area contributed by atoms with Crippen LogP contribution in [-0.4, -0.2) is 30.2 Å². The Labute approximate surface area is 104 Å². The highest BCUT2D eigenvalue weighted by atomic mass is 16.5. The SMILES string of the molecule is COc1cc(O[C@H](C)CC(=O)O)cc(C(N)=O)c1. The molecule has 0 aliphatic heterocycles. The van der Waals surface area contributed by atoms with E-state index in [-0.39, 0.29) is 12.0 Å². The van der Waals surface area contributed by atoms with Gasteiger partial charge in [0.15, 0.2) is 0 Å². The second-order valence-electron chi connectivity index (χ2n) is 3.79. The lowest BCUT2D eigenvalue weighted by Gasteiger charge is -2.14. The third-order valence-corrected chi connectivity index (χ3v) is 2.20. The number of carbonyl (C=O) groups is 2. The summed E-state index contributed by atoms with van der Waals surface area (Å²) in [6.45, 7) is 1.62. The molecule has 0 heterocycles. The van der Waals surface area contributed by atoms with Crippen molar-refractivity contribution in [3.63, 3.8) is 0 Å². The molecule has 1 rings (SSSR count). The van der Waals surface area contributed by atoms with Gasteiger partial charge in [0.1, 0.15) is 17.6 Å². The molecule has 0 bridgehead atoms. The highest BCUT2D eigenvalue weighted by molar-refractivity contribution is 5.93. The fraction of sp³-hybridized carbons (Fsp3) is 0.333. The largest absolute Gasteiger partial charge is 0.497 e. The predicted octanol–water partition coefficient (Wildman–Crippen LogP) is 1.04. The Morgan fingerprint density at radius 1 is 1.33 bits per heavy atom. The lowest BCUT2D eigenvalue weighted by Crippen LogP contribution is -2.17. The summed E-state index contributed by atoms with van der Waals surface area (Å²) in [4.78, 5) is 21.6. The number of aliphatic carboxylic acids is 1. The molecule has 0 aliphatic carbocycles. The number of primary amides is 1. The lowest BCUT2D eigenvalue weighted by atomic mass is 10.2. The zero-order valence-electron chi connectivity index (χ0n) is 10.2. The average molecular weight is 253 g/mol. The maximum Gasteiger partial charge on any atom is 0.307 e. The van der Waals surface area contributed by atoms with Crippen molar-refractivity contribution >= 4 is 11.9 Å². The van der Waals surface area contributed by atoms with Crippen LogP contribution < -0.4 is 15.2 Å². The second kappa shape index (κ2) is 5.90. The van der Waals surface area contributed by atoms with Crippen LogP contribution in [0.15, 0.2) is 18.2 Å². The van der Waals surface area contributed by atoms with Crippen LogP contribution in [-0.2, 0) is 4.79 Å². The molecule has 6 nitrogen and oxygen atoms in total. The molecule has 0 saturated heterocycles. The van der Waals surface area contributed by atoms with E-state index in [1.165, 1.54) is 19.2 Å². The van der Waals surface area contributed by atoms with Crippen molar-refractivity contribution in [2.75, 3.05) is 7.11 Å². The van der Waals surface area contributed by atoms with E-state index in [9.17, 15) is 9.59 Å². The minimum absolute atomic E-state index is 0.136. The minimum atomic E-state index is -0.958. The van der Waals surface area contributed by atoms with Crippen LogP contribution in [0.1, 0.15) is 23.7 Å². The van der Waals surface area contributed by atoms with E-state index in [2.05, 4.69) is 0 Å². The normalized spacial score (nSPS) is 11.7. The van der Waals surface area contributed by atoms with Gasteiger partial charge in [0, 0.05) is 11.6 Å². The first-order valence-electron chi connectivity index (χ1n) is 5.29. The number of ether oxygens (including phenoxy) is 2. The van der Waals surface area contributed by atoms with Crippen molar-refractivity contribution in [2.24, 2.45) is 5.73 Å². The molecule has 0 saturated carbocycles. The van der Waals surface area contributed by atoms with Gasteiger partial charge in [-0.2, -0.15) is 0 Å². The van der Waals surface area contributed by atoms with Gasteiger partial charge in [-0.05, 0) is 19.1 Å². The van der Waals surface area contributed by atoms with Crippen molar-refractivity contribution < 1.29 is 24.2 Å². The number of carboxylic acids is 1. The molecular weight excluding hydrogens is 238 g/mol. The van der Waals surface area contributed by atoms with Crippen molar-refractivity contribution in [1.82, 2.24) is 0 Å². The lowest BCUT2D eigenvalue weighted by molar-refractivity contribution is -0.138. The molecule has 0 spiro atoms. The summed E-state index contributed by atoms with van der Waals surface area (Å²) in [5.41, 5.74) is 5.42. The van der Waals surface area contributed by atoms with Crippen LogP contribution in [0, 0.1) is 0 Å². The molecule has 98 valence electrons. The van der Waals surface area contributed by atoms with E-state index < -0.39 is 18.0 Å². The van der Waals surface area contributed by atoms with Gasteiger partial charge in [-0.1, -0.05) is 0 Å². The molecule has 6 heteroatoms. The summed E-state index contributed by atoms with van der Waals surface area (Å²) in [6.07, 6.45) is -0.654. The van der Waals surface area contributed by atoms with Crippen LogP contribution >= 0.6 is 0 Å². The van der Waals surface area contributed by atoms with Crippen LogP contribution in [0.2, 0.25) is 0 Å². The Kier molecular flexibility index (Phi) is 4.53. The maximum atomic E-state index is 11.1. The number of hydrogen-bond donors (Lipinski definition) is 2. The fourth-order valence-electron chi connectivity index (χ4n) is 1.42. The van der Waals surface area contributed by atoms with Crippen molar-refractivity contribution in [1.29, 1.82) is 0 Å². The number of carbonyl (C=O) groups excluding carboxylic acids is 1. The summed E-state index contributed by atoms with van der Waals surface area (Å²) in [7, 11) is 1.45. The standard InChI is InChI=1S/C12H15NO5/c1-7(3-11(14)15)18-10-5-8(12(13)16)4-9(6-10)17-2/h4-7H,3H2,1-2H3,(H2,13,16)(H,14,15)/t7-/m1/s1. The van der Waals surface area contributed by atoms with Crippen LogP contribution in [0.25, 0.3) is 0 Å². The third kappa shape index (κ3) is 3.97.